The second-order valence-electron chi connectivity index (χ2n) is 4.67. The van der Waals surface area contributed by atoms with Crippen molar-refractivity contribution in [2.45, 2.75) is 20.3 Å². The van der Waals surface area contributed by atoms with Crippen molar-refractivity contribution in [1.29, 1.82) is 0 Å². The smallest absolute Gasteiger partial charge is 0.196 e. The molecule has 0 fully saturated rings. The van der Waals surface area contributed by atoms with E-state index in [2.05, 4.69) is 4.98 Å². The summed E-state index contributed by atoms with van der Waals surface area (Å²) in [5.41, 5.74) is -0.290. The van der Waals surface area contributed by atoms with Crippen LogP contribution in [0.15, 0.2) is 16.9 Å². The van der Waals surface area contributed by atoms with E-state index in [1.165, 1.54) is 6.07 Å². The number of halogens is 3. The Morgan fingerprint density at radius 1 is 1.17 bits per heavy atom. The third kappa shape index (κ3) is 2.12. The van der Waals surface area contributed by atoms with Gasteiger partial charge in [-0.25, -0.2) is 13.2 Å². The van der Waals surface area contributed by atoms with E-state index < -0.39 is 22.9 Å². The average Bonchev–Trinajstić information content (AvgIpc) is 2.27. The van der Waals surface area contributed by atoms with Gasteiger partial charge >= 0.3 is 0 Å². The first-order chi connectivity index (χ1) is 8.40. The summed E-state index contributed by atoms with van der Waals surface area (Å²) in [4.78, 5) is 14.4. The van der Waals surface area contributed by atoms with Gasteiger partial charge in [0.05, 0.1) is 10.9 Å². The first-order valence-electron chi connectivity index (χ1n) is 5.59. The van der Waals surface area contributed by atoms with E-state index in [4.69, 9.17) is 0 Å². The van der Waals surface area contributed by atoms with E-state index in [1.54, 1.807) is 0 Å². The Hall–Kier alpha value is -1.78. The Labute approximate surface area is 101 Å². The van der Waals surface area contributed by atoms with Crippen LogP contribution in [0.3, 0.4) is 0 Å². The van der Waals surface area contributed by atoms with Crippen molar-refractivity contribution < 1.29 is 13.2 Å². The molecule has 1 aromatic heterocycles. The highest BCUT2D eigenvalue weighted by molar-refractivity contribution is 5.79. The average molecular weight is 255 g/mol. The Morgan fingerprint density at radius 3 is 2.44 bits per heavy atom. The predicted molar refractivity (Wildman–Crippen MR) is 63.0 cm³/mol. The first kappa shape index (κ1) is 12.7. The number of nitrogens with one attached hydrogen (secondary N) is 1. The third-order valence-electron chi connectivity index (χ3n) is 2.65. The molecule has 2 nitrogen and oxygen atoms in total. The molecule has 0 saturated heterocycles. The first-order valence-corrected chi connectivity index (χ1v) is 5.59. The molecule has 0 bridgehead atoms. The van der Waals surface area contributed by atoms with Crippen LogP contribution in [-0.2, 0) is 6.42 Å². The number of pyridine rings is 1. The molecule has 5 heteroatoms. The Bertz CT molecular complexity index is 661. The highest BCUT2D eigenvalue weighted by atomic mass is 19.2. The molecule has 0 spiro atoms. The molecule has 0 amide bonds. The minimum absolute atomic E-state index is 0.182. The summed E-state index contributed by atoms with van der Waals surface area (Å²) < 4.78 is 39.7. The van der Waals surface area contributed by atoms with Gasteiger partial charge in [0.25, 0.3) is 0 Å². The van der Waals surface area contributed by atoms with Gasteiger partial charge in [-0.2, -0.15) is 0 Å². The molecule has 0 aliphatic carbocycles. The quantitative estimate of drug-likeness (QED) is 0.821. The van der Waals surface area contributed by atoms with E-state index >= 15 is 0 Å². The second-order valence-corrected chi connectivity index (χ2v) is 4.67. The van der Waals surface area contributed by atoms with Crippen molar-refractivity contribution in [2.75, 3.05) is 0 Å². The van der Waals surface area contributed by atoms with Gasteiger partial charge in [-0.3, -0.25) is 4.79 Å². The molecule has 0 radical (unpaired) electrons. The zero-order chi connectivity index (χ0) is 13.4. The number of aromatic amines is 1. The van der Waals surface area contributed by atoms with Crippen LogP contribution in [0.5, 0.6) is 0 Å². The van der Waals surface area contributed by atoms with Gasteiger partial charge in [0, 0.05) is 11.8 Å². The standard InChI is InChI=1S/C13H12F3NO/c1-6(2)3-7-4-10(18)8-5-9(14)11(15)12(16)13(8)17-7/h4-6H,3H2,1-2H3,(H,17,18). The Kier molecular flexibility index (Phi) is 3.15. The number of fused-ring (bicyclic) bond motifs is 1. The van der Waals surface area contributed by atoms with E-state index in [-0.39, 0.29) is 16.8 Å². The molecular weight excluding hydrogens is 243 g/mol. The number of H-pyrrole nitrogens is 1. The van der Waals surface area contributed by atoms with E-state index in [0.717, 1.165) is 0 Å². The number of hydrogen-bond donors (Lipinski definition) is 1. The lowest BCUT2D eigenvalue weighted by molar-refractivity contribution is 0.452. The SMILES string of the molecule is CC(C)Cc1cc(=O)c2cc(F)c(F)c(F)c2[nH]1. The molecule has 0 aliphatic heterocycles. The highest BCUT2D eigenvalue weighted by Crippen LogP contribution is 2.20. The zero-order valence-corrected chi connectivity index (χ0v) is 9.98. The minimum Gasteiger partial charge on any atom is -0.356 e. The number of hydrogen-bond acceptors (Lipinski definition) is 1. The molecule has 1 heterocycles. The molecule has 2 aromatic rings. The fourth-order valence-corrected chi connectivity index (χ4v) is 1.89. The maximum Gasteiger partial charge on any atom is 0.196 e. The van der Waals surface area contributed by atoms with Crippen LogP contribution >= 0.6 is 0 Å². The maximum atomic E-state index is 13.6. The summed E-state index contributed by atoms with van der Waals surface area (Å²) in [7, 11) is 0. The van der Waals surface area contributed by atoms with Gasteiger partial charge in [0.15, 0.2) is 22.9 Å². The third-order valence-corrected chi connectivity index (χ3v) is 2.65. The van der Waals surface area contributed by atoms with Gasteiger partial charge in [0.2, 0.25) is 0 Å². The normalized spacial score (nSPS) is 11.4. The van der Waals surface area contributed by atoms with Gasteiger partial charge in [-0.15, -0.1) is 0 Å². The van der Waals surface area contributed by atoms with Crippen molar-refractivity contribution in [2.24, 2.45) is 5.92 Å². The number of rotatable bonds is 2. The number of aromatic nitrogens is 1. The Balaban J connectivity index is 2.76. The highest BCUT2D eigenvalue weighted by Gasteiger charge is 2.16. The topological polar surface area (TPSA) is 32.9 Å². The molecule has 96 valence electrons. The van der Waals surface area contributed by atoms with Crippen LogP contribution < -0.4 is 5.43 Å². The van der Waals surface area contributed by atoms with Gasteiger partial charge < -0.3 is 4.98 Å². The molecule has 18 heavy (non-hydrogen) atoms. The Morgan fingerprint density at radius 2 is 1.83 bits per heavy atom. The zero-order valence-electron chi connectivity index (χ0n) is 9.98. The summed E-state index contributed by atoms with van der Waals surface area (Å²) in [6.45, 7) is 3.87. The molecule has 0 unspecified atom stereocenters. The summed E-state index contributed by atoms with van der Waals surface area (Å²) in [6.07, 6.45) is 0.531. The molecule has 2 rings (SSSR count). The lowest BCUT2D eigenvalue weighted by Gasteiger charge is -2.08. The molecule has 1 aromatic carbocycles. The molecular formula is C13H12F3NO. The second kappa shape index (κ2) is 4.48. The van der Waals surface area contributed by atoms with E-state index in [1.807, 2.05) is 13.8 Å². The van der Waals surface area contributed by atoms with Crippen molar-refractivity contribution in [3.8, 4) is 0 Å². The molecule has 0 saturated carbocycles. The van der Waals surface area contributed by atoms with Gasteiger partial charge in [0.1, 0.15) is 0 Å². The van der Waals surface area contributed by atoms with Crippen molar-refractivity contribution in [3.05, 3.63) is 45.5 Å². The largest absolute Gasteiger partial charge is 0.356 e. The van der Waals surface area contributed by atoms with Crippen LogP contribution in [0.1, 0.15) is 19.5 Å². The summed E-state index contributed by atoms with van der Waals surface area (Å²) in [5.74, 6) is -4.03. The lowest BCUT2D eigenvalue weighted by atomic mass is 10.1. The maximum absolute atomic E-state index is 13.6. The lowest BCUT2D eigenvalue weighted by Crippen LogP contribution is -2.10. The van der Waals surface area contributed by atoms with Gasteiger partial charge in [-0.1, -0.05) is 13.8 Å². The summed E-state index contributed by atoms with van der Waals surface area (Å²) >= 11 is 0. The van der Waals surface area contributed by atoms with E-state index in [9.17, 15) is 18.0 Å². The molecule has 0 aliphatic rings. The minimum atomic E-state index is -1.57. The summed E-state index contributed by atoms with van der Waals surface area (Å²) in [5, 5.41) is -0.182. The van der Waals surface area contributed by atoms with Crippen LogP contribution in [-0.4, -0.2) is 4.98 Å². The van der Waals surface area contributed by atoms with Crippen molar-refractivity contribution in [1.82, 2.24) is 4.98 Å². The fraction of sp³-hybridized carbons (Fsp3) is 0.308. The summed E-state index contributed by atoms with van der Waals surface area (Å²) in [6, 6.07) is 2.00. The predicted octanol–water partition coefficient (Wildman–Crippen LogP) is 3.14. The van der Waals surface area contributed by atoms with Crippen LogP contribution in [0.2, 0.25) is 0 Å². The van der Waals surface area contributed by atoms with E-state index in [0.29, 0.717) is 18.2 Å². The van der Waals surface area contributed by atoms with Crippen molar-refractivity contribution >= 4 is 10.9 Å². The van der Waals surface area contributed by atoms with Gasteiger partial charge in [-0.05, 0) is 18.4 Å². The van der Waals surface area contributed by atoms with Crippen molar-refractivity contribution in [3.63, 3.8) is 0 Å². The van der Waals surface area contributed by atoms with Crippen LogP contribution in [0.25, 0.3) is 10.9 Å². The fourth-order valence-electron chi connectivity index (χ4n) is 1.89. The van der Waals surface area contributed by atoms with Crippen LogP contribution in [0.4, 0.5) is 13.2 Å². The molecule has 1 N–H and O–H groups in total. The van der Waals surface area contributed by atoms with Crippen LogP contribution in [0, 0.1) is 23.4 Å². The number of benzene rings is 1. The molecule has 0 atom stereocenters. The monoisotopic (exact) mass is 255 g/mol.